The van der Waals surface area contributed by atoms with Crippen LogP contribution in [-0.4, -0.2) is 55.0 Å². The second-order valence-corrected chi connectivity index (χ2v) is 8.06. The van der Waals surface area contributed by atoms with Crippen LogP contribution in [0.2, 0.25) is 4.34 Å². The van der Waals surface area contributed by atoms with Gasteiger partial charge in [-0.3, -0.25) is 14.6 Å². The lowest BCUT2D eigenvalue weighted by atomic mass is 10.2. The smallest absolute Gasteiger partial charge is 0.238 e. The molecule has 7 heteroatoms. The Kier molecular flexibility index (Phi) is 6.91. The minimum atomic E-state index is 0.0210. The number of halogens is 1. The number of hydrogen-bond donors (Lipinski definition) is 1. The molecule has 140 valence electrons. The van der Waals surface area contributed by atoms with Crippen molar-refractivity contribution in [3.8, 4) is 5.75 Å². The molecule has 5 nitrogen and oxygen atoms in total. The number of rotatable bonds is 7. The average molecular weight is 394 g/mol. The molecule has 1 aromatic carbocycles. The highest BCUT2D eigenvalue weighted by molar-refractivity contribution is 7.16. The van der Waals surface area contributed by atoms with Gasteiger partial charge in [0.2, 0.25) is 5.91 Å². The van der Waals surface area contributed by atoms with Gasteiger partial charge in [0.05, 0.1) is 17.5 Å². The van der Waals surface area contributed by atoms with Crippen molar-refractivity contribution in [2.75, 3.05) is 44.6 Å². The zero-order valence-electron chi connectivity index (χ0n) is 14.9. The predicted molar refractivity (Wildman–Crippen MR) is 107 cm³/mol. The van der Waals surface area contributed by atoms with E-state index in [1.807, 2.05) is 37.3 Å². The summed E-state index contributed by atoms with van der Waals surface area (Å²) in [5.74, 6) is 0.835. The van der Waals surface area contributed by atoms with E-state index in [-0.39, 0.29) is 5.91 Å². The first-order valence-electron chi connectivity index (χ1n) is 8.84. The van der Waals surface area contributed by atoms with Crippen LogP contribution in [0.3, 0.4) is 0 Å². The molecule has 0 spiro atoms. The summed E-state index contributed by atoms with van der Waals surface area (Å²) in [5, 5.41) is 2.95. The molecule has 1 N–H and O–H groups in total. The number of nitrogens with one attached hydrogen (secondary N) is 1. The lowest BCUT2D eigenvalue weighted by Crippen LogP contribution is -2.48. The lowest BCUT2D eigenvalue weighted by Gasteiger charge is -2.34. The van der Waals surface area contributed by atoms with Crippen LogP contribution in [0, 0.1) is 0 Å². The van der Waals surface area contributed by atoms with Crippen LogP contribution in [0.5, 0.6) is 5.75 Å². The molecule has 2 aromatic rings. The van der Waals surface area contributed by atoms with Crippen molar-refractivity contribution in [2.24, 2.45) is 0 Å². The molecule has 1 fully saturated rings. The summed E-state index contributed by atoms with van der Waals surface area (Å²) in [4.78, 5) is 18.1. The van der Waals surface area contributed by atoms with E-state index in [1.165, 1.54) is 4.88 Å². The molecule has 1 aliphatic heterocycles. The number of hydrogen-bond acceptors (Lipinski definition) is 5. The number of carbonyl (C=O) groups excluding carboxylic acids is 1. The summed E-state index contributed by atoms with van der Waals surface area (Å²) < 4.78 is 6.25. The number of ether oxygens (including phenoxy) is 1. The number of benzene rings is 1. The Bertz CT molecular complexity index is 712. The molecular weight excluding hydrogens is 370 g/mol. The Morgan fingerprint density at radius 2 is 1.81 bits per heavy atom. The Labute approximate surface area is 163 Å². The second kappa shape index (κ2) is 9.37. The van der Waals surface area contributed by atoms with Gasteiger partial charge in [0.25, 0.3) is 0 Å². The molecule has 0 radical (unpaired) electrons. The summed E-state index contributed by atoms with van der Waals surface area (Å²) in [6.07, 6.45) is 0. The van der Waals surface area contributed by atoms with E-state index in [0.29, 0.717) is 13.2 Å². The zero-order chi connectivity index (χ0) is 18.4. The number of thiophene rings is 1. The topological polar surface area (TPSA) is 44.8 Å². The summed E-state index contributed by atoms with van der Waals surface area (Å²) in [5.41, 5.74) is 0.798. The quantitative estimate of drug-likeness (QED) is 0.781. The fraction of sp³-hybridized carbons (Fsp3) is 0.421. The van der Waals surface area contributed by atoms with Gasteiger partial charge in [-0.15, -0.1) is 11.3 Å². The Hall–Kier alpha value is -1.60. The van der Waals surface area contributed by atoms with Crippen LogP contribution in [0.4, 0.5) is 5.69 Å². The minimum Gasteiger partial charge on any atom is -0.494 e. The van der Waals surface area contributed by atoms with Crippen LogP contribution in [0.1, 0.15) is 11.8 Å². The molecule has 0 saturated carbocycles. The van der Waals surface area contributed by atoms with Crippen LogP contribution >= 0.6 is 22.9 Å². The van der Waals surface area contributed by atoms with Gasteiger partial charge in [0.1, 0.15) is 5.75 Å². The van der Waals surface area contributed by atoms with Gasteiger partial charge >= 0.3 is 0 Å². The molecule has 0 unspecified atom stereocenters. The van der Waals surface area contributed by atoms with Crippen LogP contribution in [-0.2, 0) is 11.3 Å². The average Bonchev–Trinajstić information content (AvgIpc) is 3.03. The number of amides is 1. The molecule has 1 aromatic heterocycles. The van der Waals surface area contributed by atoms with Crippen molar-refractivity contribution in [3.63, 3.8) is 0 Å². The van der Waals surface area contributed by atoms with Gasteiger partial charge in [0, 0.05) is 43.3 Å². The third kappa shape index (κ3) is 5.71. The molecule has 0 bridgehead atoms. The highest BCUT2D eigenvalue weighted by Gasteiger charge is 2.19. The lowest BCUT2D eigenvalue weighted by molar-refractivity contribution is -0.117. The van der Waals surface area contributed by atoms with Crippen molar-refractivity contribution in [2.45, 2.75) is 13.5 Å². The van der Waals surface area contributed by atoms with Gasteiger partial charge in [0.15, 0.2) is 0 Å². The summed E-state index contributed by atoms with van der Waals surface area (Å²) in [6, 6.07) is 11.5. The Balaban J connectivity index is 1.40. The molecule has 1 amide bonds. The molecule has 1 aliphatic rings. The molecular formula is C19H24ClN3O2S. The Morgan fingerprint density at radius 1 is 1.12 bits per heavy atom. The van der Waals surface area contributed by atoms with E-state index in [9.17, 15) is 4.79 Å². The second-order valence-electron chi connectivity index (χ2n) is 6.26. The van der Waals surface area contributed by atoms with E-state index in [2.05, 4.69) is 21.2 Å². The molecule has 1 saturated heterocycles. The Morgan fingerprint density at radius 3 is 2.42 bits per heavy atom. The highest BCUT2D eigenvalue weighted by Crippen LogP contribution is 2.23. The summed E-state index contributed by atoms with van der Waals surface area (Å²) in [6.45, 7) is 7.67. The normalized spacial score (nSPS) is 15.8. The van der Waals surface area contributed by atoms with Gasteiger partial charge in [-0.1, -0.05) is 11.6 Å². The third-order valence-electron chi connectivity index (χ3n) is 4.29. The highest BCUT2D eigenvalue weighted by atomic mass is 35.5. The maximum atomic E-state index is 12.3. The van der Waals surface area contributed by atoms with E-state index in [0.717, 1.165) is 48.5 Å². The van der Waals surface area contributed by atoms with Crippen LogP contribution in [0.25, 0.3) is 0 Å². The summed E-state index contributed by atoms with van der Waals surface area (Å²) >= 11 is 7.62. The van der Waals surface area contributed by atoms with Crippen molar-refractivity contribution >= 4 is 34.5 Å². The fourth-order valence-corrected chi connectivity index (χ4v) is 4.10. The molecule has 0 aliphatic carbocycles. The van der Waals surface area contributed by atoms with Crippen LogP contribution in [0.15, 0.2) is 36.4 Å². The zero-order valence-corrected chi connectivity index (χ0v) is 16.5. The van der Waals surface area contributed by atoms with Crippen molar-refractivity contribution < 1.29 is 9.53 Å². The largest absolute Gasteiger partial charge is 0.494 e. The number of anilines is 1. The molecule has 26 heavy (non-hydrogen) atoms. The monoisotopic (exact) mass is 393 g/mol. The maximum Gasteiger partial charge on any atom is 0.238 e. The predicted octanol–water partition coefficient (Wildman–Crippen LogP) is 3.56. The molecule has 0 atom stereocenters. The SMILES string of the molecule is CCOc1ccc(NC(=O)CN2CCN(Cc3ccc(Cl)s3)CC2)cc1. The molecule has 3 rings (SSSR count). The standard InChI is InChI=1S/C19H24ClN3O2S/c1-2-25-16-5-3-15(4-6-16)21-19(24)14-23-11-9-22(10-12-23)13-17-7-8-18(20)26-17/h3-8H,2,9-14H2,1H3,(H,21,24). The van der Waals surface area contributed by atoms with Crippen molar-refractivity contribution in [3.05, 3.63) is 45.6 Å². The maximum absolute atomic E-state index is 12.3. The van der Waals surface area contributed by atoms with E-state index in [1.54, 1.807) is 11.3 Å². The van der Waals surface area contributed by atoms with Crippen LogP contribution < -0.4 is 10.1 Å². The van der Waals surface area contributed by atoms with Gasteiger partial charge in [-0.05, 0) is 43.3 Å². The molecule has 2 heterocycles. The summed E-state index contributed by atoms with van der Waals surface area (Å²) in [7, 11) is 0. The van der Waals surface area contributed by atoms with Gasteiger partial charge in [-0.2, -0.15) is 0 Å². The van der Waals surface area contributed by atoms with Gasteiger partial charge in [-0.25, -0.2) is 0 Å². The van der Waals surface area contributed by atoms with E-state index >= 15 is 0 Å². The number of piperazine rings is 1. The third-order valence-corrected chi connectivity index (χ3v) is 5.51. The van der Waals surface area contributed by atoms with Crippen molar-refractivity contribution in [1.29, 1.82) is 0 Å². The number of carbonyl (C=O) groups is 1. The first-order chi connectivity index (χ1) is 12.6. The number of nitrogens with zero attached hydrogens (tertiary/aromatic N) is 2. The van der Waals surface area contributed by atoms with E-state index in [4.69, 9.17) is 16.3 Å². The van der Waals surface area contributed by atoms with Gasteiger partial charge < -0.3 is 10.1 Å². The first-order valence-corrected chi connectivity index (χ1v) is 10.0. The van der Waals surface area contributed by atoms with E-state index < -0.39 is 0 Å². The first kappa shape index (κ1) is 19.2. The van der Waals surface area contributed by atoms with Crippen molar-refractivity contribution in [1.82, 2.24) is 9.80 Å². The fourth-order valence-electron chi connectivity index (χ4n) is 2.97. The minimum absolute atomic E-state index is 0.0210.